The number of amidine groups is 1. The van der Waals surface area contributed by atoms with Gasteiger partial charge in [-0.25, -0.2) is 4.99 Å². The number of hydrogen-bond acceptors (Lipinski definition) is 6. The molecule has 2 aliphatic heterocycles. The first-order valence-electron chi connectivity index (χ1n) is 8.24. The van der Waals surface area contributed by atoms with Crippen LogP contribution in [0.3, 0.4) is 0 Å². The van der Waals surface area contributed by atoms with Crippen molar-refractivity contribution in [2.24, 2.45) is 4.99 Å². The number of halogens is 1. The normalized spacial score (nSPS) is 18.2. The van der Waals surface area contributed by atoms with E-state index in [2.05, 4.69) is 26.2 Å². The lowest BCUT2D eigenvalue weighted by molar-refractivity contribution is -0.115. The number of nitrogens with zero attached hydrogens (tertiary/aromatic N) is 1. The molecule has 138 valence electrons. The number of benzene rings is 2. The zero-order chi connectivity index (χ0) is 18.8. The minimum Gasteiger partial charge on any atom is -0.494 e. The van der Waals surface area contributed by atoms with E-state index in [4.69, 9.17) is 14.2 Å². The third kappa shape index (κ3) is 3.96. The van der Waals surface area contributed by atoms with Gasteiger partial charge in [-0.1, -0.05) is 15.9 Å². The topological polar surface area (TPSA) is 69.2 Å². The van der Waals surface area contributed by atoms with E-state index >= 15 is 0 Å². The molecule has 27 heavy (non-hydrogen) atoms. The maximum Gasteiger partial charge on any atom is 0.264 e. The second-order valence-corrected chi connectivity index (χ2v) is 7.52. The van der Waals surface area contributed by atoms with E-state index in [1.165, 1.54) is 11.8 Å². The van der Waals surface area contributed by atoms with Crippen LogP contribution in [0, 0.1) is 0 Å². The zero-order valence-corrected chi connectivity index (χ0v) is 16.7. The minimum atomic E-state index is -0.186. The lowest BCUT2D eigenvalue weighted by atomic mass is 10.2. The predicted molar refractivity (Wildman–Crippen MR) is 109 cm³/mol. The molecular weight excluding hydrogens is 432 g/mol. The van der Waals surface area contributed by atoms with E-state index in [9.17, 15) is 4.79 Å². The minimum absolute atomic E-state index is 0.186. The average molecular weight is 447 g/mol. The second-order valence-electron chi connectivity index (χ2n) is 5.64. The molecule has 1 amide bonds. The van der Waals surface area contributed by atoms with Crippen LogP contribution >= 0.6 is 27.7 Å². The Morgan fingerprint density at radius 2 is 2.00 bits per heavy atom. The molecule has 2 aromatic rings. The molecule has 1 fully saturated rings. The van der Waals surface area contributed by atoms with Crippen LogP contribution in [0.2, 0.25) is 0 Å². The Labute approximate surface area is 168 Å². The number of thioether (sulfide) groups is 1. The number of nitrogens with one attached hydrogen (secondary N) is 1. The Morgan fingerprint density at radius 3 is 2.74 bits per heavy atom. The molecular formula is C19H15BrN2O4S. The van der Waals surface area contributed by atoms with Gasteiger partial charge >= 0.3 is 0 Å². The molecule has 0 bridgehead atoms. The molecule has 1 N–H and O–H groups in total. The van der Waals surface area contributed by atoms with Crippen molar-refractivity contribution in [1.82, 2.24) is 5.32 Å². The third-order valence-corrected chi connectivity index (χ3v) is 5.40. The number of aliphatic imine (C=N–C) groups is 1. The number of carbonyl (C=O) groups is 1. The molecule has 0 spiro atoms. The molecule has 4 rings (SSSR count). The quantitative estimate of drug-likeness (QED) is 0.701. The van der Waals surface area contributed by atoms with Crippen LogP contribution in [-0.2, 0) is 4.79 Å². The maximum atomic E-state index is 12.3. The van der Waals surface area contributed by atoms with Gasteiger partial charge in [-0.3, -0.25) is 4.79 Å². The first-order valence-corrected chi connectivity index (χ1v) is 9.85. The number of fused-ring (bicyclic) bond motifs is 1. The Morgan fingerprint density at radius 1 is 1.26 bits per heavy atom. The van der Waals surface area contributed by atoms with Gasteiger partial charge < -0.3 is 19.5 Å². The standard InChI is InChI=1S/C19H15BrN2O4S/c1-2-24-13-5-3-12(4-6-13)21-19-22-18(23)17(27-19)8-11-7-15-16(9-14(11)20)26-10-25-15/h3-9H,2,10H2,1H3,(H,21,22,23)/b17-8-. The highest BCUT2D eigenvalue weighted by Gasteiger charge is 2.25. The summed E-state index contributed by atoms with van der Waals surface area (Å²) in [5, 5.41) is 3.32. The first-order chi connectivity index (χ1) is 13.1. The van der Waals surface area contributed by atoms with Crippen molar-refractivity contribution in [3.63, 3.8) is 0 Å². The largest absolute Gasteiger partial charge is 0.494 e. The fraction of sp³-hybridized carbons (Fsp3) is 0.158. The number of amides is 1. The van der Waals surface area contributed by atoms with Gasteiger partial charge in [0.25, 0.3) is 5.91 Å². The summed E-state index contributed by atoms with van der Waals surface area (Å²) in [5.41, 5.74) is 1.57. The van der Waals surface area contributed by atoms with E-state index in [0.29, 0.717) is 28.2 Å². The molecule has 8 heteroatoms. The molecule has 0 radical (unpaired) electrons. The van der Waals surface area contributed by atoms with Crippen LogP contribution in [0.5, 0.6) is 17.2 Å². The van der Waals surface area contributed by atoms with Crippen LogP contribution in [0.25, 0.3) is 6.08 Å². The maximum absolute atomic E-state index is 12.3. The first kappa shape index (κ1) is 17.9. The lowest BCUT2D eigenvalue weighted by Gasteiger charge is -2.02. The highest BCUT2D eigenvalue weighted by atomic mass is 79.9. The van der Waals surface area contributed by atoms with Gasteiger partial charge in [-0.2, -0.15) is 0 Å². The van der Waals surface area contributed by atoms with Crippen molar-refractivity contribution in [2.75, 3.05) is 13.4 Å². The van der Waals surface area contributed by atoms with Crippen LogP contribution in [-0.4, -0.2) is 24.5 Å². The summed E-state index contributed by atoms with van der Waals surface area (Å²) in [7, 11) is 0. The van der Waals surface area contributed by atoms with Crippen LogP contribution < -0.4 is 19.5 Å². The second kappa shape index (κ2) is 7.66. The Balaban J connectivity index is 1.54. The predicted octanol–water partition coefficient (Wildman–Crippen LogP) is 4.47. The molecule has 1 saturated heterocycles. The van der Waals surface area contributed by atoms with Gasteiger partial charge in [0.05, 0.1) is 17.2 Å². The van der Waals surface area contributed by atoms with E-state index in [1.54, 1.807) is 6.08 Å². The van der Waals surface area contributed by atoms with E-state index in [0.717, 1.165) is 21.5 Å². The van der Waals surface area contributed by atoms with Crippen LogP contribution in [0.15, 0.2) is 50.8 Å². The van der Waals surface area contributed by atoms with Crippen molar-refractivity contribution in [2.45, 2.75) is 6.92 Å². The van der Waals surface area contributed by atoms with Gasteiger partial charge in [0.15, 0.2) is 16.7 Å². The molecule has 2 aliphatic rings. The van der Waals surface area contributed by atoms with Gasteiger partial charge in [0.2, 0.25) is 6.79 Å². The summed E-state index contributed by atoms with van der Waals surface area (Å²) in [6.45, 7) is 2.75. The lowest BCUT2D eigenvalue weighted by Crippen LogP contribution is -2.19. The fourth-order valence-corrected chi connectivity index (χ4v) is 3.84. The molecule has 0 aromatic heterocycles. The van der Waals surface area contributed by atoms with Crippen molar-refractivity contribution in [3.8, 4) is 17.2 Å². The summed E-state index contributed by atoms with van der Waals surface area (Å²) in [4.78, 5) is 17.3. The summed E-state index contributed by atoms with van der Waals surface area (Å²) in [5.74, 6) is 1.95. The summed E-state index contributed by atoms with van der Waals surface area (Å²) in [6, 6.07) is 11.1. The molecule has 0 saturated carbocycles. The van der Waals surface area contributed by atoms with Crippen molar-refractivity contribution in [3.05, 3.63) is 51.3 Å². The van der Waals surface area contributed by atoms with E-state index < -0.39 is 0 Å². The van der Waals surface area contributed by atoms with Gasteiger partial charge in [-0.15, -0.1) is 0 Å². The molecule has 2 aromatic carbocycles. The summed E-state index contributed by atoms with van der Waals surface area (Å²) < 4.78 is 17.0. The van der Waals surface area contributed by atoms with Gasteiger partial charge in [-0.05, 0) is 66.7 Å². The van der Waals surface area contributed by atoms with Gasteiger partial charge in [0, 0.05) is 4.47 Å². The van der Waals surface area contributed by atoms with Crippen molar-refractivity contribution >= 4 is 50.5 Å². The highest BCUT2D eigenvalue weighted by molar-refractivity contribution is 9.10. The summed E-state index contributed by atoms with van der Waals surface area (Å²) in [6.07, 6.45) is 1.80. The van der Waals surface area contributed by atoms with Crippen LogP contribution in [0.1, 0.15) is 12.5 Å². The molecule has 6 nitrogen and oxygen atoms in total. The van der Waals surface area contributed by atoms with Crippen molar-refractivity contribution < 1.29 is 19.0 Å². The fourth-order valence-electron chi connectivity index (χ4n) is 2.57. The molecule has 0 aliphatic carbocycles. The number of rotatable bonds is 4. The zero-order valence-electron chi connectivity index (χ0n) is 14.3. The molecule has 0 atom stereocenters. The van der Waals surface area contributed by atoms with Crippen LogP contribution in [0.4, 0.5) is 5.69 Å². The van der Waals surface area contributed by atoms with E-state index in [1.807, 2.05) is 43.3 Å². The Kier molecular flexibility index (Phi) is 5.09. The molecule has 2 heterocycles. The third-order valence-electron chi connectivity index (χ3n) is 3.81. The van der Waals surface area contributed by atoms with E-state index in [-0.39, 0.29) is 12.7 Å². The number of hydrogen-bond donors (Lipinski definition) is 1. The Hall–Kier alpha value is -2.45. The average Bonchev–Trinajstić information content (AvgIpc) is 3.23. The SMILES string of the molecule is CCOc1ccc(N=C2NC(=O)/C(=C/c3cc4c(cc3Br)OCO4)S2)cc1. The number of ether oxygens (including phenoxy) is 3. The molecule has 0 unspecified atom stereocenters. The smallest absolute Gasteiger partial charge is 0.264 e. The Bertz CT molecular complexity index is 957. The monoisotopic (exact) mass is 446 g/mol. The van der Waals surface area contributed by atoms with Crippen molar-refractivity contribution in [1.29, 1.82) is 0 Å². The summed E-state index contributed by atoms with van der Waals surface area (Å²) >= 11 is 4.79. The highest BCUT2D eigenvalue weighted by Crippen LogP contribution is 2.39. The van der Waals surface area contributed by atoms with Gasteiger partial charge in [0.1, 0.15) is 5.75 Å². The number of carbonyl (C=O) groups excluding carboxylic acids is 1.